The van der Waals surface area contributed by atoms with Gasteiger partial charge in [0.05, 0.1) is 0 Å². The topological polar surface area (TPSA) is 83.0 Å². The number of aromatic amines is 1. The van der Waals surface area contributed by atoms with E-state index in [0.717, 1.165) is 11.8 Å². The Bertz CT molecular complexity index is 363. The van der Waals surface area contributed by atoms with Crippen LogP contribution in [0.25, 0.3) is 0 Å². The summed E-state index contributed by atoms with van der Waals surface area (Å²) >= 11 is 1.000. The number of thioether (sulfide) groups is 1. The summed E-state index contributed by atoms with van der Waals surface area (Å²) in [6.07, 6.45) is 1.34. The first kappa shape index (κ1) is 9.79. The molecule has 6 heteroatoms. The number of aliphatic carboxylic acids is 1. The maximum atomic E-state index is 10.8. The third-order valence-corrected chi connectivity index (χ3v) is 2.27. The molecule has 0 aromatic carbocycles. The summed E-state index contributed by atoms with van der Waals surface area (Å²) in [6, 6.07) is 1.27. The molecule has 0 saturated heterocycles. The molecule has 0 fully saturated rings. The van der Waals surface area contributed by atoms with E-state index in [0.29, 0.717) is 5.16 Å². The van der Waals surface area contributed by atoms with Crippen molar-refractivity contribution in [3.63, 3.8) is 0 Å². The highest BCUT2D eigenvalue weighted by Gasteiger charge is 2.13. The fourth-order valence-electron chi connectivity index (χ4n) is 0.630. The Labute approximate surface area is 78.2 Å². The van der Waals surface area contributed by atoms with Gasteiger partial charge in [-0.3, -0.25) is 9.59 Å². The van der Waals surface area contributed by atoms with Crippen molar-refractivity contribution in [2.75, 3.05) is 0 Å². The van der Waals surface area contributed by atoms with Crippen LogP contribution in [0.4, 0.5) is 0 Å². The predicted octanol–water partition coefficient (Wildman–Crippen LogP) is 0.335. The lowest BCUT2D eigenvalue weighted by Crippen LogP contribution is -2.13. The van der Waals surface area contributed by atoms with Gasteiger partial charge in [-0.1, -0.05) is 11.8 Å². The zero-order valence-electron chi connectivity index (χ0n) is 6.85. The van der Waals surface area contributed by atoms with Crippen LogP contribution in [0.3, 0.4) is 0 Å². The van der Waals surface area contributed by atoms with Gasteiger partial charge in [0.2, 0.25) is 0 Å². The van der Waals surface area contributed by atoms with Gasteiger partial charge in [-0.2, -0.15) is 0 Å². The van der Waals surface area contributed by atoms with Crippen LogP contribution in [-0.4, -0.2) is 26.3 Å². The second-order valence-corrected chi connectivity index (χ2v) is 3.67. The van der Waals surface area contributed by atoms with E-state index in [-0.39, 0.29) is 5.56 Å². The van der Waals surface area contributed by atoms with E-state index in [1.165, 1.54) is 19.2 Å². The van der Waals surface area contributed by atoms with Gasteiger partial charge in [0.25, 0.3) is 5.56 Å². The number of nitrogens with one attached hydrogen (secondary N) is 1. The van der Waals surface area contributed by atoms with Crippen LogP contribution in [0, 0.1) is 0 Å². The molecule has 0 saturated carbocycles. The molecule has 2 N–H and O–H groups in total. The van der Waals surface area contributed by atoms with Crippen LogP contribution in [0.15, 0.2) is 22.2 Å². The maximum absolute atomic E-state index is 10.8. The van der Waals surface area contributed by atoms with E-state index in [1.807, 2.05) is 0 Å². The van der Waals surface area contributed by atoms with Crippen molar-refractivity contribution in [3.8, 4) is 0 Å². The largest absolute Gasteiger partial charge is 0.480 e. The lowest BCUT2D eigenvalue weighted by Gasteiger charge is -2.03. The van der Waals surface area contributed by atoms with Crippen LogP contribution >= 0.6 is 11.8 Å². The van der Waals surface area contributed by atoms with Gasteiger partial charge in [-0.15, -0.1) is 0 Å². The van der Waals surface area contributed by atoms with Gasteiger partial charge in [-0.05, 0) is 6.92 Å². The Hall–Kier alpha value is -1.30. The van der Waals surface area contributed by atoms with Crippen LogP contribution < -0.4 is 5.56 Å². The highest BCUT2D eigenvalue weighted by Crippen LogP contribution is 2.16. The molecule has 0 bridgehead atoms. The zero-order valence-corrected chi connectivity index (χ0v) is 7.67. The molecule has 0 aliphatic carbocycles. The quantitative estimate of drug-likeness (QED) is 0.543. The third kappa shape index (κ3) is 2.90. The molecule has 1 unspecified atom stereocenters. The summed E-state index contributed by atoms with van der Waals surface area (Å²) in [5.41, 5.74) is -0.282. The number of aromatic nitrogens is 2. The van der Waals surface area contributed by atoms with Gasteiger partial charge < -0.3 is 10.1 Å². The highest BCUT2D eigenvalue weighted by atomic mass is 32.2. The molecule has 0 aliphatic rings. The fourth-order valence-corrected chi connectivity index (χ4v) is 1.35. The zero-order chi connectivity index (χ0) is 9.84. The highest BCUT2D eigenvalue weighted by molar-refractivity contribution is 8.00. The lowest BCUT2D eigenvalue weighted by atomic mass is 10.5. The number of carboxylic acid groups (broad SMARTS) is 1. The molecular formula is C7H8N2O3S. The van der Waals surface area contributed by atoms with Gasteiger partial charge in [-0.25, -0.2) is 4.98 Å². The molecule has 5 nitrogen and oxygen atoms in total. The van der Waals surface area contributed by atoms with E-state index in [2.05, 4.69) is 9.97 Å². The summed E-state index contributed by atoms with van der Waals surface area (Å²) in [7, 11) is 0. The maximum Gasteiger partial charge on any atom is 0.316 e. The Balaban J connectivity index is 2.75. The molecule has 0 aliphatic heterocycles. The number of rotatable bonds is 3. The molecule has 1 atom stereocenters. The number of hydrogen-bond acceptors (Lipinski definition) is 4. The van der Waals surface area contributed by atoms with E-state index >= 15 is 0 Å². The first-order valence-corrected chi connectivity index (χ1v) is 4.42. The number of hydrogen-bond donors (Lipinski definition) is 2. The minimum Gasteiger partial charge on any atom is -0.480 e. The van der Waals surface area contributed by atoms with Crippen LogP contribution in [0.2, 0.25) is 0 Å². The molecule has 1 aromatic rings. The van der Waals surface area contributed by atoms with Gasteiger partial charge >= 0.3 is 5.97 Å². The second kappa shape index (κ2) is 4.08. The van der Waals surface area contributed by atoms with Gasteiger partial charge in [0.1, 0.15) is 5.25 Å². The summed E-state index contributed by atoms with van der Waals surface area (Å²) < 4.78 is 0. The van der Waals surface area contributed by atoms with E-state index < -0.39 is 11.2 Å². The fraction of sp³-hybridized carbons (Fsp3) is 0.286. The van der Waals surface area contributed by atoms with Crippen molar-refractivity contribution >= 4 is 17.7 Å². The minimum absolute atomic E-state index is 0.282. The summed E-state index contributed by atoms with van der Waals surface area (Å²) in [4.78, 5) is 27.5. The SMILES string of the molecule is CC(Sc1nccc(=O)[nH]1)C(=O)O. The molecule has 1 rings (SSSR count). The minimum atomic E-state index is -0.934. The molecular weight excluding hydrogens is 192 g/mol. The molecule has 1 heterocycles. The Morgan fingerprint density at radius 1 is 1.77 bits per heavy atom. The molecule has 70 valence electrons. The van der Waals surface area contributed by atoms with E-state index in [4.69, 9.17) is 5.11 Å². The summed E-state index contributed by atoms with van der Waals surface area (Å²) in [6.45, 7) is 1.53. The van der Waals surface area contributed by atoms with Gasteiger partial charge in [0.15, 0.2) is 5.16 Å². The number of H-pyrrole nitrogens is 1. The van der Waals surface area contributed by atoms with Crippen LogP contribution in [-0.2, 0) is 4.79 Å². The molecule has 0 radical (unpaired) electrons. The number of nitrogens with zero attached hydrogens (tertiary/aromatic N) is 1. The predicted molar refractivity (Wildman–Crippen MR) is 47.8 cm³/mol. The van der Waals surface area contributed by atoms with Crippen molar-refractivity contribution in [2.24, 2.45) is 0 Å². The average Bonchev–Trinajstić information content (AvgIpc) is 2.04. The third-order valence-electron chi connectivity index (χ3n) is 1.28. The number of carboxylic acids is 1. The average molecular weight is 200 g/mol. The first-order chi connectivity index (χ1) is 6.09. The van der Waals surface area contributed by atoms with Crippen molar-refractivity contribution in [1.82, 2.24) is 9.97 Å². The van der Waals surface area contributed by atoms with Crippen LogP contribution in [0.5, 0.6) is 0 Å². The lowest BCUT2D eigenvalue weighted by molar-refractivity contribution is -0.136. The van der Waals surface area contributed by atoms with Crippen molar-refractivity contribution in [1.29, 1.82) is 0 Å². The summed E-state index contributed by atoms with van der Waals surface area (Å²) in [5, 5.41) is 8.27. The Kier molecular flexibility index (Phi) is 3.07. The van der Waals surface area contributed by atoms with E-state index in [9.17, 15) is 9.59 Å². The second-order valence-electron chi connectivity index (χ2n) is 2.34. The molecule has 13 heavy (non-hydrogen) atoms. The molecule has 1 aromatic heterocycles. The summed E-state index contributed by atoms with van der Waals surface area (Å²) in [5.74, 6) is -0.934. The number of carbonyl (C=O) groups is 1. The molecule has 0 spiro atoms. The van der Waals surface area contributed by atoms with E-state index in [1.54, 1.807) is 0 Å². The standard InChI is InChI=1S/C7H8N2O3S/c1-4(6(11)12)13-7-8-3-2-5(10)9-7/h2-4H,1H3,(H,11,12)(H,8,9,10). The normalized spacial score (nSPS) is 12.4. The Morgan fingerprint density at radius 3 is 3.00 bits per heavy atom. The molecule has 0 amide bonds. The van der Waals surface area contributed by atoms with Crippen molar-refractivity contribution in [3.05, 3.63) is 22.6 Å². The van der Waals surface area contributed by atoms with Crippen LogP contribution in [0.1, 0.15) is 6.92 Å². The van der Waals surface area contributed by atoms with Crippen molar-refractivity contribution in [2.45, 2.75) is 17.3 Å². The Morgan fingerprint density at radius 2 is 2.46 bits per heavy atom. The first-order valence-electron chi connectivity index (χ1n) is 3.54. The van der Waals surface area contributed by atoms with Gasteiger partial charge in [0, 0.05) is 12.3 Å². The smallest absolute Gasteiger partial charge is 0.316 e. The monoisotopic (exact) mass is 200 g/mol. The van der Waals surface area contributed by atoms with Crippen molar-refractivity contribution < 1.29 is 9.90 Å².